The second-order valence-corrected chi connectivity index (χ2v) is 8.49. The summed E-state index contributed by atoms with van der Waals surface area (Å²) in [6, 6.07) is 4.54. The van der Waals surface area contributed by atoms with Crippen molar-refractivity contribution in [3.8, 4) is 5.75 Å². The van der Waals surface area contributed by atoms with Crippen LogP contribution in [0.1, 0.15) is 6.42 Å². The summed E-state index contributed by atoms with van der Waals surface area (Å²) in [5, 5.41) is 10.1. The van der Waals surface area contributed by atoms with Crippen molar-refractivity contribution in [3.05, 3.63) is 23.2 Å². The van der Waals surface area contributed by atoms with Crippen LogP contribution in [0.15, 0.2) is 23.1 Å². The topological polar surface area (TPSA) is 76.1 Å². The Hall–Kier alpha value is -0.860. The predicted octanol–water partition coefficient (Wildman–Crippen LogP) is 1.37. The van der Waals surface area contributed by atoms with Crippen molar-refractivity contribution in [2.75, 3.05) is 40.0 Å². The van der Waals surface area contributed by atoms with Gasteiger partial charge in [0.25, 0.3) is 0 Å². The molecule has 23 heavy (non-hydrogen) atoms. The molecule has 2 saturated heterocycles. The van der Waals surface area contributed by atoms with E-state index in [0.29, 0.717) is 24.8 Å². The molecule has 0 saturated carbocycles. The summed E-state index contributed by atoms with van der Waals surface area (Å²) in [5.41, 5.74) is -0.517. The van der Waals surface area contributed by atoms with E-state index in [1.54, 1.807) is 12.1 Å². The molecule has 0 spiro atoms. The summed E-state index contributed by atoms with van der Waals surface area (Å²) in [7, 11) is -2.33. The summed E-state index contributed by atoms with van der Waals surface area (Å²) < 4.78 is 38.1. The molecule has 2 fully saturated rings. The SMILES string of the molecule is COc1ccc(Cl)cc1S(=O)(=O)N1C[C@@H]2CCOC[C@]2(CO)C1. The number of methoxy groups -OCH3 is 1. The van der Waals surface area contributed by atoms with E-state index in [2.05, 4.69) is 0 Å². The van der Waals surface area contributed by atoms with Crippen LogP contribution in [-0.2, 0) is 14.8 Å². The maximum absolute atomic E-state index is 13.0. The van der Waals surface area contributed by atoms with Gasteiger partial charge < -0.3 is 14.6 Å². The number of hydrogen-bond donors (Lipinski definition) is 1. The Morgan fingerprint density at radius 1 is 1.52 bits per heavy atom. The van der Waals surface area contributed by atoms with Crippen LogP contribution in [-0.4, -0.2) is 57.8 Å². The predicted molar refractivity (Wildman–Crippen MR) is 85.2 cm³/mol. The molecule has 1 N–H and O–H groups in total. The largest absolute Gasteiger partial charge is 0.495 e. The highest BCUT2D eigenvalue weighted by atomic mass is 35.5. The number of rotatable bonds is 4. The van der Waals surface area contributed by atoms with Gasteiger partial charge in [-0.1, -0.05) is 11.6 Å². The van der Waals surface area contributed by atoms with Crippen LogP contribution in [0.3, 0.4) is 0 Å². The van der Waals surface area contributed by atoms with Crippen LogP contribution in [0.5, 0.6) is 5.75 Å². The molecule has 8 heteroatoms. The van der Waals surface area contributed by atoms with Crippen molar-refractivity contribution in [2.45, 2.75) is 11.3 Å². The van der Waals surface area contributed by atoms with Gasteiger partial charge in [-0.2, -0.15) is 4.31 Å². The van der Waals surface area contributed by atoms with Crippen molar-refractivity contribution in [1.29, 1.82) is 0 Å². The van der Waals surface area contributed by atoms with E-state index >= 15 is 0 Å². The van der Waals surface area contributed by atoms with Crippen LogP contribution in [0, 0.1) is 11.3 Å². The number of ether oxygens (including phenoxy) is 2. The van der Waals surface area contributed by atoms with Gasteiger partial charge in [-0.05, 0) is 30.5 Å². The van der Waals surface area contributed by atoms with Gasteiger partial charge in [0.2, 0.25) is 10.0 Å². The van der Waals surface area contributed by atoms with Crippen LogP contribution in [0.25, 0.3) is 0 Å². The molecule has 1 aromatic rings. The quantitative estimate of drug-likeness (QED) is 0.876. The fourth-order valence-electron chi connectivity index (χ4n) is 3.45. The van der Waals surface area contributed by atoms with Gasteiger partial charge in [0, 0.05) is 30.1 Å². The molecule has 2 aliphatic heterocycles. The minimum absolute atomic E-state index is 0.0557. The first-order valence-corrected chi connectivity index (χ1v) is 9.27. The van der Waals surface area contributed by atoms with Crippen LogP contribution >= 0.6 is 11.6 Å². The molecule has 2 aliphatic rings. The van der Waals surface area contributed by atoms with Gasteiger partial charge in [-0.25, -0.2) is 8.42 Å². The standard InChI is InChI=1S/C15H20ClNO5S/c1-21-13-3-2-12(16)6-14(13)23(19,20)17-7-11-4-5-22-10-15(11,8-17)9-18/h2-3,6,11,18H,4-5,7-10H2,1H3/t11-,15+/m0/s1. The Morgan fingerprint density at radius 2 is 2.30 bits per heavy atom. The van der Waals surface area contributed by atoms with E-state index in [-0.39, 0.29) is 29.7 Å². The van der Waals surface area contributed by atoms with E-state index < -0.39 is 15.4 Å². The molecule has 0 bridgehead atoms. The van der Waals surface area contributed by atoms with E-state index in [9.17, 15) is 13.5 Å². The van der Waals surface area contributed by atoms with E-state index in [4.69, 9.17) is 21.1 Å². The van der Waals surface area contributed by atoms with Gasteiger partial charge in [-0.3, -0.25) is 0 Å². The first-order chi connectivity index (χ1) is 10.9. The zero-order valence-corrected chi connectivity index (χ0v) is 14.4. The fraction of sp³-hybridized carbons (Fsp3) is 0.600. The van der Waals surface area contributed by atoms with Crippen molar-refractivity contribution < 1.29 is 23.0 Å². The lowest BCUT2D eigenvalue weighted by Gasteiger charge is -2.36. The van der Waals surface area contributed by atoms with Crippen LogP contribution < -0.4 is 4.74 Å². The van der Waals surface area contributed by atoms with E-state index in [1.807, 2.05) is 0 Å². The Kier molecular flexibility index (Phi) is 4.59. The molecule has 0 radical (unpaired) electrons. The molecule has 6 nitrogen and oxygen atoms in total. The van der Waals surface area contributed by atoms with Crippen molar-refractivity contribution in [2.24, 2.45) is 11.3 Å². The lowest BCUT2D eigenvalue weighted by molar-refractivity contribution is -0.0552. The smallest absolute Gasteiger partial charge is 0.246 e. The molecule has 128 valence electrons. The average Bonchev–Trinajstić information content (AvgIpc) is 2.96. The molecule has 0 aromatic heterocycles. The normalized spacial score (nSPS) is 28.6. The third kappa shape index (κ3) is 2.85. The van der Waals surface area contributed by atoms with Crippen molar-refractivity contribution in [3.63, 3.8) is 0 Å². The highest BCUT2D eigenvalue weighted by Gasteiger charge is 2.51. The molecule has 2 heterocycles. The van der Waals surface area contributed by atoms with E-state index in [1.165, 1.54) is 17.5 Å². The Labute approximate surface area is 141 Å². The highest BCUT2D eigenvalue weighted by molar-refractivity contribution is 7.89. The molecular formula is C15H20ClNO5S. The summed E-state index contributed by atoms with van der Waals surface area (Å²) >= 11 is 5.96. The molecule has 3 rings (SSSR count). The van der Waals surface area contributed by atoms with Crippen molar-refractivity contribution >= 4 is 21.6 Å². The Balaban J connectivity index is 1.97. The third-order valence-corrected chi connectivity index (χ3v) is 6.91. The fourth-order valence-corrected chi connectivity index (χ4v) is 5.45. The number of fused-ring (bicyclic) bond motifs is 1. The number of halogens is 1. The monoisotopic (exact) mass is 361 g/mol. The lowest BCUT2D eigenvalue weighted by atomic mass is 9.76. The zero-order chi connectivity index (χ0) is 16.7. The van der Waals surface area contributed by atoms with Crippen LogP contribution in [0.2, 0.25) is 5.02 Å². The number of aliphatic hydroxyl groups is 1. The molecule has 2 atom stereocenters. The summed E-state index contributed by atoms with van der Waals surface area (Å²) in [6.07, 6.45) is 0.749. The lowest BCUT2D eigenvalue weighted by Crippen LogP contribution is -2.43. The maximum atomic E-state index is 13.0. The molecular weight excluding hydrogens is 342 g/mol. The number of aliphatic hydroxyl groups excluding tert-OH is 1. The van der Waals surface area contributed by atoms with Crippen LogP contribution in [0.4, 0.5) is 0 Å². The number of nitrogens with zero attached hydrogens (tertiary/aromatic N) is 1. The first-order valence-electron chi connectivity index (χ1n) is 7.45. The minimum Gasteiger partial charge on any atom is -0.495 e. The molecule has 1 aromatic carbocycles. The van der Waals surface area contributed by atoms with Gasteiger partial charge in [0.1, 0.15) is 10.6 Å². The van der Waals surface area contributed by atoms with Gasteiger partial charge in [0.15, 0.2) is 0 Å². The first kappa shape index (κ1) is 17.0. The Morgan fingerprint density at radius 3 is 2.96 bits per heavy atom. The molecule has 0 unspecified atom stereocenters. The number of benzene rings is 1. The van der Waals surface area contributed by atoms with Gasteiger partial charge in [-0.15, -0.1) is 0 Å². The minimum atomic E-state index is -3.75. The summed E-state index contributed by atoms with van der Waals surface area (Å²) in [5.74, 6) is 0.361. The maximum Gasteiger partial charge on any atom is 0.246 e. The molecule has 0 amide bonds. The zero-order valence-electron chi connectivity index (χ0n) is 12.9. The van der Waals surface area contributed by atoms with Crippen molar-refractivity contribution in [1.82, 2.24) is 4.31 Å². The second-order valence-electron chi connectivity index (χ2n) is 6.15. The number of hydrogen-bond acceptors (Lipinski definition) is 5. The second kappa shape index (κ2) is 6.22. The summed E-state index contributed by atoms with van der Waals surface area (Å²) in [6.45, 7) is 1.51. The highest BCUT2D eigenvalue weighted by Crippen LogP contribution is 2.43. The molecule has 0 aliphatic carbocycles. The average molecular weight is 362 g/mol. The van der Waals surface area contributed by atoms with Gasteiger partial charge >= 0.3 is 0 Å². The third-order valence-electron chi connectivity index (χ3n) is 4.84. The number of sulfonamides is 1. The Bertz CT molecular complexity index is 695. The summed E-state index contributed by atoms with van der Waals surface area (Å²) in [4.78, 5) is 0.0557. The van der Waals surface area contributed by atoms with E-state index in [0.717, 1.165) is 6.42 Å². The van der Waals surface area contributed by atoms with Gasteiger partial charge in [0.05, 0.1) is 20.3 Å².